The van der Waals surface area contributed by atoms with Gasteiger partial charge >= 0.3 is 0 Å². The third-order valence-corrected chi connectivity index (χ3v) is 8.10. The normalized spacial score (nSPS) is 17.2. The first kappa shape index (κ1) is 21.4. The molecule has 6 nitrogen and oxygen atoms in total. The van der Waals surface area contributed by atoms with Gasteiger partial charge in [0.25, 0.3) is 0 Å². The number of aromatic nitrogens is 3. The largest absolute Gasteiger partial charge is 0.370 e. The summed E-state index contributed by atoms with van der Waals surface area (Å²) >= 11 is 3.38. The Balaban J connectivity index is 1.48. The Morgan fingerprint density at radius 2 is 1.94 bits per heavy atom. The van der Waals surface area contributed by atoms with Crippen LogP contribution in [0, 0.1) is 0 Å². The maximum Gasteiger partial charge on any atom is 0.189 e. The van der Waals surface area contributed by atoms with E-state index in [0.29, 0.717) is 5.92 Å². The first-order chi connectivity index (χ1) is 15.2. The van der Waals surface area contributed by atoms with Crippen LogP contribution >= 0.6 is 23.1 Å². The molecule has 0 spiro atoms. The van der Waals surface area contributed by atoms with Crippen molar-refractivity contribution in [3.63, 3.8) is 0 Å². The van der Waals surface area contributed by atoms with Gasteiger partial charge in [-0.2, -0.15) is 0 Å². The van der Waals surface area contributed by atoms with Crippen LogP contribution in [0.15, 0.2) is 5.16 Å². The summed E-state index contributed by atoms with van der Waals surface area (Å²) in [6.45, 7) is 10.7. The number of morpholine rings is 1. The number of pyridine rings is 1. The summed E-state index contributed by atoms with van der Waals surface area (Å²) in [5.74, 6) is 1.43. The Kier molecular flexibility index (Phi) is 6.32. The highest BCUT2D eigenvalue weighted by Crippen LogP contribution is 2.43. The minimum absolute atomic E-state index is 0.453. The van der Waals surface area contributed by atoms with E-state index in [1.807, 2.05) is 0 Å². The SMILES string of the molecule is CSc1nc(NCCC[NH+]2CCOCC2)c2sc3nc(C(C)C)c4c(c3c2n1)CCC4. The van der Waals surface area contributed by atoms with E-state index < -0.39 is 0 Å². The standard InChI is InChI=1S/C23H31N5OS2/c1-14(2)18-16-7-4-6-15(16)17-19-20(31-22(17)25-18)21(27-23(26-19)30-3)24-8-5-9-28-10-12-29-13-11-28/h14H,4-13H2,1-3H3,(H,24,26,27)/p+1. The quantitative estimate of drug-likeness (QED) is 0.322. The van der Waals surface area contributed by atoms with Crippen molar-refractivity contribution < 1.29 is 9.64 Å². The van der Waals surface area contributed by atoms with Crippen molar-refractivity contribution >= 4 is 49.3 Å². The van der Waals surface area contributed by atoms with Crippen molar-refractivity contribution in [2.45, 2.75) is 50.6 Å². The maximum absolute atomic E-state index is 5.47. The zero-order chi connectivity index (χ0) is 21.4. The zero-order valence-corrected chi connectivity index (χ0v) is 20.3. The van der Waals surface area contributed by atoms with Crippen molar-refractivity contribution in [3.8, 4) is 0 Å². The molecule has 31 heavy (non-hydrogen) atoms. The summed E-state index contributed by atoms with van der Waals surface area (Å²) in [6.07, 6.45) is 6.71. The van der Waals surface area contributed by atoms with Gasteiger partial charge < -0.3 is 15.0 Å². The predicted octanol–water partition coefficient (Wildman–Crippen LogP) is 3.29. The highest BCUT2D eigenvalue weighted by atomic mass is 32.2. The lowest BCUT2D eigenvalue weighted by atomic mass is 9.99. The average Bonchev–Trinajstić information content (AvgIpc) is 3.40. The molecule has 1 aliphatic carbocycles. The highest BCUT2D eigenvalue weighted by Gasteiger charge is 2.26. The van der Waals surface area contributed by atoms with Crippen LogP contribution in [-0.2, 0) is 17.6 Å². The van der Waals surface area contributed by atoms with Crippen LogP contribution in [0.2, 0.25) is 0 Å². The van der Waals surface area contributed by atoms with E-state index in [-0.39, 0.29) is 0 Å². The fraction of sp³-hybridized carbons (Fsp3) is 0.609. The fourth-order valence-corrected chi connectivity index (χ4v) is 6.40. The molecule has 8 heteroatoms. The number of nitrogens with one attached hydrogen (secondary N) is 2. The Morgan fingerprint density at radius 3 is 2.71 bits per heavy atom. The van der Waals surface area contributed by atoms with Crippen LogP contribution in [-0.4, -0.2) is 60.6 Å². The van der Waals surface area contributed by atoms with E-state index in [1.54, 1.807) is 28.0 Å². The molecular formula is C23H32N5OS2+. The molecule has 1 saturated heterocycles. The highest BCUT2D eigenvalue weighted by molar-refractivity contribution is 7.98. The number of aryl methyl sites for hydroxylation is 1. The van der Waals surface area contributed by atoms with E-state index >= 15 is 0 Å². The van der Waals surface area contributed by atoms with Crippen LogP contribution in [0.5, 0.6) is 0 Å². The van der Waals surface area contributed by atoms with Crippen molar-refractivity contribution in [2.75, 3.05) is 51.0 Å². The smallest absolute Gasteiger partial charge is 0.189 e. The third-order valence-electron chi connectivity index (χ3n) is 6.47. The van der Waals surface area contributed by atoms with E-state index in [0.717, 1.165) is 78.1 Å². The molecule has 0 unspecified atom stereocenters. The number of anilines is 1. The number of thiophene rings is 1. The van der Waals surface area contributed by atoms with Crippen molar-refractivity contribution in [3.05, 3.63) is 16.8 Å². The molecule has 5 rings (SSSR count). The number of quaternary nitrogens is 1. The predicted molar refractivity (Wildman–Crippen MR) is 130 cm³/mol. The molecule has 0 saturated carbocycles. The second kappa shape index (κ2) is 9.17. The van der Waals surface area contributed by atoms with E-state index in [2.05, 4.69) is 25.4 Å². The van der Waals surface area contributed by atoms with Gasteiger partial charge in [0.15, 0.2) is 5.16 Å². The minimum atomic E-state index is 0.453. The maximum atomic E-state index is 5.47. The zero-order valence-electron chi connectivity index (χ0n) is 18.7. The van der Waals surface area contributed by atoms with Crippen molar-refractivity contribution in [1.29, 1.82) is 0 Å². The summed E-state index contributed by atoms with van der Waals surface area (Å²) in [7, 11) is 0. The van der Waals surface area contributed by atoms with Crippen LogP contribution in [0.4, 0.5) is 5.82 Å². The summed E-state index contributed by atoms with van der Waals surface area (Å²) in [5, 5.41) is 5.77. The molecule has 0 aromatic carbocycles. The van der Waals surface area contributed by atoms with Gasteiger partial charge in [0.05, 0.1) is 30.0 Å². The Morgan fingerprint density at radius 1 is 1.13 bits per heavy atom. The molecule has 166 valence electrons. The van der Waals surface area contributed by atoms with Gasteiger partial charge in [-0.25, -0.2) is 15.0 Å². The number of hydrogen-bond donors (Lipinski definition) is 2. The summed E-state index contributed by atoms with van der Waals surface area (Å²) in [4.78, 5) is 17.7. The molecule has 0 radical (unpaired) electrons. The Bertz CT molecular complexity index is 1090. The monoisotopic (exact) mass is 458 g/mol. The van der Waals surface area contributed by atoms with Gasteiger partial charge in [-0.05, 0) is 42.6 Å². The third kappa shape index (κ3) is 4.15. The van der Waals surface area contributed by atoms with Gasteiger partial charge in [0.1, 0.15) is 23.7 Å². The molecule has 2 aliphatic rings. The lowest BCUT2D eigenvalue weighted by molar-refractivity contribution is -0.908. The number of fused-ring (bicyclic) bond motifs is 5. The number of ether oxygens (including phenoxy) is 1. The topological polar surface area (TPSA) is 64.4 Å². The second-order valence-corrected chi connectivity index (χ2v) is 10.6. The molecular weight excluding hydrogens is 426 g/mol. The fourth-order valence-electron chi connectivity index (χ4n) is 4.92. The van der Waals surface area contributed by atoms with E-state index in [1.165, 1.54) is 35.2 Å². The van der Waals surface area contributed by atoms with Crippen molar-refractivity contribution in [1.82, 2.24) is 15.0 Å². The molecule has 0 amide bonds. The van der Waals surface area contributed by atoms with Gasteiger partial charge in [0, 0.05) is 24.0 Å². The number of nitrogens with zero attached hydrogens (tertiary/aromatic N) is 3. The average molecular weight is 459 g/mol. The lowest BCUT2D eigenvalue weighted by Crippen LogP contribution is -3.14. The van der Waals surface area contributed by atoms with Crippen LogP contribution in [0.3, 0.4) is 0 Å². The number of rotatable bonds is 7. The second-order valence-electron chi connectivity index (χ2n) is 8.87. The summed E-state index contributed by atoms with van der Waals surface area (Å²) < 4.78 is 6.63. The Labute approximate surface area is 192 Å². The van der Waals surface area contributed by atoms with Crippen LogP contribution < -0.4 is 10.2 Å². The molecule has 0 atom stereocenters. The van der Waals surface area contributed by atoms with E-state index in [9.17, 15) is 0 Å². The molecule has 1 fully saturated rings. The summed E-state index contributed by atoms with van der Waals surface area (Å²) in [6, 6.07) is 0. The molecule has 0 bridgehead atoms. The molecule has 1 aliphatic heterocycles. The first-order valence-corrected chi connectivity index (χ1v) is 13.5. The first-order valence-electron chi connectivity index (χ1n) is 11.5. The van der Waals surface area contributed by atoms with Gasteiger partial charge in [-0.15, -0.1) is 11.3 Å². The van der Waals surface area contributed by atoms with Crippen LogP contribution in [0.1, 0.15) is 49.4 Å². The lowest BCUT2D eigenvalue weighted by Gasteiger charge is -2.23. The van der Waals surface area contributed by atoms with Crippen molar-refractivity contribution in [2.24, 2.45) is 0 Å². The number of thioether (sulfide) groups is 1. The molecule has 2 N–H and O–H groups in total. The summed E-state index contributed by atoms with van der Waals surface area (Å²) in [5.41, 5.74) is 5.36. The minimum Gasteiger partial charge on any atom is -0.370 e. The molecule has 3 aromatic rings. The van der Waals surface area contributed by atoms with Crippen LogP contribution in [0.25, 0.3) is 20.4 Å². The van der Waals surface area contributed by atoms with Gasteiger partial charge in [-0.1, -0.05) is 25.6 Å². The van der Waals surface area contributed by atoms with E-state index in [4.69, 9.17) is 19.7 Å². The Hall–Kier alpha value is -1.48. The van der Waals surface area contributed by atoms with Gasteiger partial charge in [-0.3, -0.25) is 0 Å². The number of hydrogen-bond acceptors (Lipinski definition) is 7. The molecule has 3 aromatic heterocycles. The molecule has 4 heterocycles. The van der Waals surface area contributed by atoms with Gasteiger partial charge in [0.2, 0.25) is 0 Å².